The van der Waals surface area contributed by atoms with E-state index in [0.717, 1.165) is 52.0 Å². The minimum absolute atomic E-state index is 0.0491. The lowest BCUT2D eigenvalue weighted by atomic mass is 9.99. The van der Waals surface area contributed by atoms with E-state index in [-0.39, 0.29) is 11.9 Å². The van der Waals surface area contributed by atoms with Gasteiger partial charge in [0.25, 0.3) is 5.91 Å². The van der Waals surface area contributed by atoms with Crippen LogP contribution < -0.4 is 5.32 Å². The number of H-pyrrole nitrogens is 1. The van der Waals surface area contributed by atoms with Crippen molar-refractivity contribution in [2.45, 2.75) is 37.8 Å². The predicted molar refractivity (Wildman–Crippen MR) is 74.5 cm³/mol. The normalized spacial score (nSPS) is 22.8. The van der Waals surface area contributed by atoms with E-state index in [1.54, 1.807) is 6.20 Å². The topological polar surface area (TPSA) is 70.2 Å². The number of nitrogens with zero attached hydrogens (tertiary/aromatic N) is 2. The monoisotopic (exact) mass is 278 g/mol. The molecule has 1 amide bonds. The summed E-state index contributed by atoms with van der Waals surface area (Å²) in [6.07, 6.45) is 7.43. The maximum atomic E-state index is 11.9. The van der Waals surface area contributed by atoms with Crippen molar-refractivity contribution in [3.63, 3.8) is 0 Å². The van der Waals surface area contributed by atoms with Crippen molar-refractivity contribution < 1.29 is 9.53 Å². The van der Waals surface area contributed by atoms with E-state index in [1.807, 2.05) is 0 Å². The van der Waals surface area contributed by atoms with E-state index < -0.39 is 0 Å². The molecule has 0 unspecified atom stereocenters. The number of ether oxygens (including phenoxy) is 1. The first-order valence-electron chi connectivity index (χ1n) is 7.44. The highest BCUT2D eigenvalue weighted by Crippen LogP contribution is 2.20. The summed E-state index contributed by atoms with van der Waals surface area (Å²) in [5, 5.41) is 3.08. The van der Waals surface area contributed by atoms with E-state index >= 15 is 0 Å². The van der Waals surface area contributed by atoms with Gasteiger partial charge < -0.3 is 19.9 Å². The van der Waals surface area contributed by atoms with E-state index in [1.165, 1.54) is 6.33 Å². The standard InChI is InChI=1S/C14H22N4O2/c19-14(13-9-15-10-16-13)17-11-1-5-18(6-2-11)12-3-7-20-8-4-12/h9-12H,1-8H2,(H,15,16)(H,17,19). The van der Waals surface area contributed by atoms with Gasteiger partial charge in [-0.05, 0) is 25.7 Å². The number of hydrogen-bond donors (Lipinski definition) is 2. The zero-order valence-corrected chi connectivity index (χ0v) is 11.7. The summed E-state index contributed by atoms with van der Waals surface area (Å²) in [5.41, 5.74) is 0.539. The number of carbonyl (C=O) groups excluding carboxylic acids is 1. The van der Waals surface area contributed by atoms with Gasteiger partial charge in [0.1, 0.15) is 5.69 Å². The lowest BCUT2D eigenvalue weighted by molar-refractivity contribution is 0.0238. The van der Waals surface area contributed by atoms with Gasteiger partial charge in [0.15, 0.2) is 0 Å². The van der Waals surface area contributed by atoms with Crippen LogP contribution in [0, 0.1) is 0 Å². The van der Waals surface area contributed by atoms with E-state index in [0.29, 0.717) is 11.7 Å². The average Bonchev–Trinajstić information content (AvgIpc) is 3.03. The Morgan fingerprint density at radius 2 is 2.05 bits per heavy atom. The van der Waals surface area contributed by atoms with Crippen molar-refractivity contribution >= 4 is 5.91 Å². The SMILES string of the molecule is O=C(NC1CCN(C2CCOCC2)CC1)c1cnc[nH]1. The number of rotatable bonds is 3. The Balaban J connectivity index is 1.45. The van der Waals surface area contributed by atoms with Gasteiger partial charge in [0.05, 0.1) is 12.5 Å². The third kappa shape index (κ3) is 3.19. The van der Waals surface area contributed by atoms with Crippen LogP contribution in [0.3, 0.4) is 0 Å². The van der Waals surface area contributed by atoms with Crippen molar-refractivity contribution in [3.05, 3.63) is 18.2 Å². The summed E-state index contributed by atoms with van der Waals surface area (Å²) < 4.78 is 5.41. The highest BCUT2D eigenvalue weighted by Gasteiger charge is 2.27. The first-order chi connectivity index (χ1) is 9.83. The van der Waals surface area contributed by atoms with Gasteiger partial charge in [-0.25, -0.2) is 4.98 Å². The first kappa shape index (κ1) is 13.6. The maximum absolute atomic E-state index is 11.9. The van der Waals surface area contributed by atoms with Crippen LogP contribution >= 0.6 is 0 Å². The zero-order chi connectivity index (χ0) is 13.8. The Morgan fingerprint density at radius 1 is 1.30 bits per heavy atom. The molecule has 1 aromatic heterocycles. The molecule has 0 radical (unpaired) electrons. The third-order valence-electron chi connectivity index (χ3n) is 4.31. The van der Waals surface area contributed by atoms with E-state index in [9.17, 15) is 4.79 Å². The number of amides is 1. The molecule has 0 aliphatic carbocycles. The molecule has 0 aromatic carbocycles. The number of imidazole rings is 1. The molecule has 6 heteroatoms. The van der Waals surface area contributed by atoms with Crippen molar-refractivity contribution in [2.75, 3.05) is 26.3 Å². The summed E-state index contributed by atoms with van der Waals surface area (Å²) in [7, 11) is 0. The number of likely N-dealkylation sites (tertiary alicyclic amines) is 1. The van der Waals surface area contributed by atoms with Crippen LogP contribution in [0.2, 0.25) is 0 Å². The van der Waals surface area contributed by atoms with Crippen LogP contribution in [0.25, 0.3) is 0 Å². The largest absolute Gasteiger partial charge is 0.381 e. The fraction of sp³-hybridized carbons (Fsp3) is 0.714. The van der Waals surface area contributed by atoms with Crippen LogP contribution in [-0.4, -0.2) is 59.2 Å². The molecule has 1 aromatic rings. The fourth-order valence-electron chi connectivity index (χ4n) is 3.10. The molecule has 2 N–H and O–H groups in total. The number of piperidine rings is 1. The highest BCUT2D eigenvalue weighted by molar-refractivity contribution is 5.92. The molecule has 110 valence electrons. The summed E-state index contributed by atoms with van der Waals surface area (Å²) in [6.45, 7) is 3.92. The number of nitrogens with one attached hydrogen (secondary N) is 2. The molecule has 3 rings (SSSR count). The Labute approximate surface area is 118 Å². The van der Waals surface area contributed by atoms with Crippen LogP contribution in [0.5, 0.6) is 0 Å². The maximum Gasteiger partial charge on any atom is 0.269 e. The van der Waals surface area contributed by atoms with Gasteiger partial charge >= 0.3 is 0 Å². The molecule has 3 heterocycles. The molecule has 2 aliphatic heterocycles. The summed E-state index contributed by atoms with van der Waals surface area (Å²) >= 11 is 0. The van der Waals surface area contributed by atoms with Crippen molar-refractivity contribution in [1.82, 2.24) is 20.2 Å². The Kier molecular flexibility index (Phi) is 4.32. The first-order valence-corrected chi connectivity index (χ1v) is 7.44. The van der Waals surface area contributed by atoms with Crippen LogP contribution in [0.1, 0.15) is 36.2 Å². The molecular weight excluding hydrogens is 256 g/mol. The van der Waals surface area contributed by atoms with Gasteiger partial charge in [0.2, 0.25) is 0 Å². The number of aromatic amines is 1. The summed E-state index contributed by atoms with van der Waals surface area (Å²) in [6, 6.07) is 0.954. The van der Waals surface area contributed by atoms with Crippen molar-refractivity contribution in [3.8, 4) is 0 Å². The predicted octanol–water partition coefficient (Wildman–Crippen LogP) is 0.783. The van der Waals surface area contributed by atoms with Gasteiger partial charge in [-0.3, -0.25) is 4.79 Å². The number of aromatic nitrogens is 2. The van der Waals surface area contributed by atoms with Crippen molar-refractivity contribution in [1.29, 1.82) is 0 Å². The highest BCUT2D eigenvalue weighted by atomic mass is 16.5. The minimum Gasteiger partial charge on any atom is -0.381 e. The minimum atomic E-state index is -0.0491. The molecule has 2 aliphatic rings. The zero-order valence-electron chi connectivity index (χ0n) is 11.7. The Morgan fingerprint density at radius 3 is 2.70 bits per heavy atom. The van der Waals surface area contributed by atoms with Crippen LogP contribution in [-0.2, 0) is 4.74 Å². The molecule has 20 heavy (non-hydrogen) atoms. The molecule has 0 atom stereocenters. The van der Waals surface area contributed by atoms with Crippen LogP contribution in [0.15, 0.2) is 12.5 Å². The lowest BCUT2D eigenvalue weighted by Crippen LogP contribution is -2.49. The molecule has 2 fully saturated rings. The van der Waals surface area contributed by atoms with Crippen molar-refractivity contribution in [2.24, 2.45) is 0 Å². The number of hydrogen-bond acceptors (Lipinski definition) is 4. The molecule has 0 spiro atoms. The van der Waals surface area contributed by atoms with Gasteiger partial charge in [-0.15, -0.1) is 0 Å². The Bertz CT molecular complexity index is 420. The molecule has 0 saturated carbocycles. The average molecular weight is 278 g/mol. The smallest absolute Gasteiger partial charge is 0.269 e. The van der Waals surface area contributed by atoms with Gasteiger partial charge in [-0.2, -0.15) is 0 Å². The number of carbonyl (C=O) groups is 1. The summed E-state index contributed by atoms with van der Waals surface area (Å²) in [4.78, 5) is 21.2. The van der Waals surface area contributed by atoms with E-state index in [2.05, 4.69) is 20.2 Å². The second-order valence-electron chi connectivity index (χ2n) is 5.59. The second kappa shape index (κ2) is 6.37. The molecule has 6 nitrogen and oxygen atoms in total. The van der Waals surface area contributed by atoms with E-state index in [4.69, 9.17) is 4.74 Å². The molecule has 2 saturated heterocycles. The van der Waals surface area contributed by atoms with Gasteiger partial charge in [0, 0.05) is 38.4 Å². The van der Waals surface area contributed by atoms with Gasteiger partial charge in [-0.1, -0.05) is 0 Å². The molecular formula is C14H22N4O2. The summed E-state index contributed by atoms with van der Waals surface area (Å²) in [5.74, 6) is -0.0491. The fourth-order valence-corrected chi connectivity index (χ4v) is 3.10. The lowest BCUT2D eigenvalue weighted by Gasteiger charge is -2.39. The van der Waals surface area contributed by atoms with Crippen LogP contribution in [0.4, 0.5) is 0 Å². The molecule has 0 bridgehead atoms. The Hall–Kier alpha value is -1.40. The quantitative estimate of drug-likeness (QED) is 0.857. The second-order valence-corrected chi connectivity index (χ2v) is 5.59. The third-order valence-corrected chi connectivity index (χ3v) is 4.31.